The molecule has 2 aromatic rings. The molecule has 1 saturated heterocycles. The fourth-order valence-corrected chi connectivity index (χ4v) is 3.74. The molecule has 0 saturated carbocycles. The Labute approximate surface area is 171 Å². The number of anilines is 2. The van der Waals surface area contributed by atoms with E-state index in [9.17, 15) is 0 Å². The van der Waals surface area contributed by atoms with Gasteiger partial charge in [0, 0.05) is 42.6 Å². The number of nitrogens with one attached hydrogen (secondary N) is 1. The molecule has 1 aromatic carbocycles. The van der Waals surface area contributed by atoms with Crippen LogP contribution in [0.25, 0.3) is 0 Å². The molecular formula is C20H25ClN4OS. The SMILES string of the molecule is CCc1cc(NC(=S)N2CCN(c3cccc(Cl)c3)CC2)c(OC)nc1C. The van der Waals surface area contributed by atoms with Crippen molar-refractivity contribution in [2.75, 3.05) is 43.5 Å². The van der Waals surface area contributed by atoms with E-state index in [1.54, 1.807) is 7.11 Å². The summed E-state index contributed by atoms with van der Waals surface area (Å²) in [4.78, 5) is 9.05. The lowest BCUT2D eigenvalue weighted by Crippen LogP contribution is -2.50. The second kappa shape index (κ2) is 8.76. The zero-order valence-corrected chi connectivity index (χ0v) is 17.5. The molecule has 1 fully saturated rings. The number of methoxy groups -OCH3 is 1. The van der Waals surface area contributed by atoms with Gasteiger partial charge >= 0.3 is 0 Å². The van der Waals surface area contributed by atoms with Crippen molar-refractivity contribution >= 4 is 40.3 Å². The number of ether oxygens (including phenoxy) is 1. The zero-order chi connectivity index (χ0) is 19.4. The van der Waals surface area contributed by atoms with Crippen LogP contribution in [0.2, 0.25) is 5.02 Å². The summed E-state index contributed by atoms with van der Waals surface area (Å²) >= 11 is 11.8. The van der Waals surface area contributed by atoms with Crippen LogP contribution in [-0.4, -0.2) is 48.3 Å². The Morgan fingerprint density at radius 1 is 1.26 bits per heavy atom. The van der Waals surface area contributed by atoms with Gasteiger partial charge in [0.05, 0.1) is 7.11 Å². The molecule has 0 radical (unpaired) electrons. The van der Waals surface area contributed by atoms with Gasteiger partial charge < -0.3 is 19.9 Å². The summed E-state index contributed by atoms with van der Waals surface area (Å²) in [7, 11) is 1.63. The molecule has 2 heterocycles. The number of rotatable bonds is 4. The number of pyridine rings is 1. The monoisotopic (exact) mass is 404 g/mol. The van der Waals surface area contributed by atoms with Crippen molar-refractivity contribution < 1.29 is 4.74 Å². The van der Waals surface area contributed by atoms with Crippen LogP contribution in [0.15, 0.2) is 30.3 Å². The van der Waals surface area contributed by atoms with Crippen LogP contribution < -0.4 is 15.0 Å². The van der Waals surface area contributed by atoms with Crippen LogP contribution in [0.5, 0.6) is 5.88 Å². The Morgan fingerprint density at radius 2 is 2.00 bits per heavy atom. The van der Waals surface area contributed by atoms with E-state index in [0.29, 0.717) is 11.0 Å². The Kier molecular flexibility index (Phi) is 6.39. The molecule has 0 atom stereocenters. The number of aryl methyl sites for hydroxylation is 2. The van der Waals surface area contributed by atoms with E-state index in [2.05, 4.69) is 39.2 Å². The van der Waals surface area contributed by atoms with Crippen LogP contribution in [-0.2, 0) is 6.42 Å². The highest BCUT2D eigenvalue weighted by molar-refractivity contribution is 7.80. The van der Waals surface area contributed by atoms with Crippen LogP contribution in [0.4, 0.5) is 11.4 Å². The van der Waals surface area contributed by atoms with E-state index >= 15 is 0 Å². The predicted octanol–water partition coefficient (Wildman–Crippen LogP) is 4.13. The quantitative estimate of drug-likeness (QED) is 0.772. The molecule has 144 valence electrons. The van der Waals surface area contributed by atoms with E-state index in [1.807, 2.05) is 25.1 Å². The molecule has 1 aromatic heterocycles. The zero-order valence-electron chi connectivity index (χ0n) is 16.0. The van der Waals surface area contributed by atoms with Crippen LogP contribution in [0.1, 0.15) is 18.2 Å². The Morgan fingerprint density at radius 3 is 2.63 bits per heavy atom. The van der Waals surface area contributed by atoms with E-state index in [1.165, 1.54) is 5.56 Å². The van der Waals surface area contributed by atoms with Gasteiger partial charge in [-0.2, -0.15) is 0 Å². The normalized spacial score (nSPS) is 14.2. The highest BCUT2D eigenvalue weighted by Gasteiger charge is 2.20. The third kappa shape index (κ3) is 4.62. The molecule has 0 aliphatic carbocycles. The summed E-state index contributed by atoms with van der Waals surface area (Å²) in [5, 5.41) is 4.79. The summed E-state index contributed by atoms with van der Waals surface area (Å²) in [6.07, 6.45) is 0.919. The minimum absolute atomic E-state index is 0.574. The molecule has 0 amide bonds. The third-order valence-electron chi connectivity index (χ3n) is 4.84. The van der Waals surface area contributed by atoms with Crippen molar-refractivity contribution in [1.29, 1.82) is 0 Å². The highest BCUT2D eigenvalue weighted by Crippen LogP contribution is 2.26. The van der Waals surface area contributed by atoms with E-state index in [-0.39, 0.29) is 0 Å². The van der Waals surface area contributed by atoms with Crippen molar-refractivity contribution in [3.05, 3.63) is 46.6 Å². The van der Waals surface area contributed by atoms with Crippen molar-refractivity contribution in [3.8, 4) is 5.88 Å². The molecule has 5 nitrogen and oxygen atoms in total. The molecule has 1 aliphatic rings. The lowest BCUT2D eigenvalue weighted by molar-refractivity contribution is 0.388. The number of hydrogen-bond donors (Lipinski definition) is 1. The fraction of sp³-hybridized carbons (Fsp3) is 0.400. The number of piperazine rings is 1. The van der Waals surface area contributed by atoms with Crippen LogP contribution >= 0.6 is 23.8 Å². The average Bonchev–Trinajstić information content (AvgIpc) is 2.69. The average molecular weight is 405 g/mol. The first-order valence-electron chi connectivity index (χ1n) is 9.12. The summed E-state index contributed by atoms with van der Waals surface area (Å²) < 4.78 is 5.43. The third-order valence-corrected chi connectivity index (χ3v) is 5.43. The van der Waals surface area contributed by atoms with Crippen molar-refractivity contribution in [2.45, 2.75) is 20.3 Å². The predicted molar refractivity (Wildman–Crippen MR) is 116 cm³/mol. The van der Waals surface area contributed by atoms with Gasteiger partial charge in [-0.25, -0.2) is 4.98 Å². The maximum absolute atomic E-state index is 6.11. The standard InChI is InChI=1S/C20H25ClN4OS/c1-4-15-12-18(19(26-3)22-14(15)2)23-20(27)25-10-8-24(9-11-25)17-7-5-6-16(21)13-17/h5-7,12-13H,4,8-11H2,1-3H3,(H,23,27). The van der Waals surface area contributed by atoms with Crippen molar-refractivity contribution in [1.82, 2.24) is 9.88 Å². The van der Waals surface area contributed by atoms with Crippen molar-refractivity contribution in [2.24, 2.45) is 0 Å². The topological polar surface area (TPSA) is 40.6 Å². The van der Waals surface area contributed by atoms with Gasteiger partial charge in [-0.1, -0.05) is 24.6 Å². The molecule has 0 bridgehead atoms. The maximum atomic E-state index is 6.11. The number of aromatic nitrogens is 1. The molecule has 1 N–H and O–H groups in total. The molecule has 1 aliphatic heterocycles. The largest absolute Gasteiger partial charge is 0.480 e. The van der Waals surface area contributed by atoms with Gasteiger partial charge in [-0.05, 0) is 55.4 Å². The van der Waals surface area contributed by atoms with E-state index < -0.39 is 0 Å². The molecule has 3 rings (SSSR count). The molecule has 0 spiro atoms. The van der Waals surface area contributed by atoms with Crippen LogP contribution in [0.3, 0.4) is 0 Å². The first-order valence-corrected chi connectivity index (χ1v) is 9.91. The number of halogens is 1. The smallest absolute Gasteiger partial charge is 0.237 e. The first-order chi connectivity index (χ1) is 13.0. The highest BCUT2D eigenvalue weighted by atomic mass is 35.5. The van der Waals surface area contributed by atoms with Gasteiger partial charge in [0.2, 0.25) is 5.88 Å². The Hall–Kier alpha value is -2.05. The number of hydrogen-bond acceptors (Lipinski definition) is 4. The van der Waals surface area contributed by atoms with Crippen molar-refractivity contribution in [3.63, 3.8) is 0 Å². The van der Waals surface area contributed by atoms with Gasteiger partial charge in [0.25, 0.3) is 0 Å². The second-order valence-electron chi connectivity index (χ2n) is 6.53. The molecule has 7 heteroatoms. The van der Waals surface area contributed by atoms with Crippen LogP contribution in [0, 0.1) is 6.92 Å². The fourth-order valence-electron chi connectivity index (χ4n) is 3.26. The molecule has 27 heavy (non-hydrogen) atoms. The number of thiocarbonyl (C=S) groups is 1. The van der Waals surface area contributed by atoms with E-state index in [4.69, 9.17) is 28.6 Å². The maximum Gasteiger partial charge on any atom is 0.237 e. The summed E-state index contributed by atoms with van der Waals surface area (Å²) in [5.41, 5.74) is 4.15. The van der Waals surface area contributed by atoms with Gasteiger partial charge in [-0.15, -0.1) is 0 Å². The van der Waals surface area contributed by atoms with E-state index in [0.717, 1.165) is 54.7 Å². The lowest BCUT2D eigenvalue weighted by atomic mass is 10.1. The summed E-state index contributed by atoms with van der Waals surface area (Å²) in [6, 6.07) is 10.1. The second-order valence-corrected chi connectivity index (χ2v) is 7.35. The first kappa shape index (κ1) is 19.7. The van der Waals surface area contributed by atoms with Gasteiger partial charge in [0.15, 0.2) is 5.11 Å². The summed E-state index contributed by atoms with van der Waals surface area (Å²) in [5.74, 6) is 0.574. The minimum Gasteiger partial charge on any atom is -0.480 e. The Bertz CT molecular complexity index is 822. The minimum atomic E-state index is 0.574. The number of nitrogens with zero attached hydrogens (tertiary/aromatic N) is 3. The molecular weight excluding hydrogens is 380 g/mol. The Balaban J connectivity index is 1.65. The summed E-state index contributed by atoms with van der Waals surface area (Å²) in [6.45, 7) is 7.60. The lowest BCUT2D eigenvalue weighted by Gasteiger charge is -2.37. The van der Waals surface area contributed by atoms with Gasteiger partial charge in [0.1, 0.15) is 5.69 Å². The molecule has 0 unspecified atom stereocenters. The van der Waals surface area contributed by atoms with Gasteiger partial charge in [-0.3, -0.25) is 0 Å². The number of benzene rings is 1.